The van der Waals surface area contributed by atoms with Crippen molar-refractivity contribution in [1.82, 2.24) is 0 Å². The molecule has 0 aromatic carbocycles. The first-order chi connectivity index (χ1) is 6.57. The van der Waals surface area contributed by atoms with Gasteiger partial charge in [0.25, 0.3) is 0 Å². The fraction of sp³-hybridized carbons (Fsp3) is 0.875. The van der Waals surface area contributed by atoms with Gasteiger partial charge < -0.3 is 25.2 Å². The van der Waals surface area contributed by atoms with Crippen molar-refractivity contribution < 1.29 is 30.0 Å². The Morgan fingerprint density at radius 2 is 1.71 bits per heavy atom. The molecule has 84 valence electrons. The second-order valence-corrected chi connectivity index (χ2v) is 2.58. The molecule has 4 unspecified atom stereocenters. The molecule has 1 saturated heterocycles. The highest BCUT2D eigenvalue weighted by Gasteiger charge is 2.43. The molecule has 0 aromatic rings. The highest BCUT2D eigenvalue weighted by atomic mass is 16.6. The number of aliphatic hydroxyl groups is 4. The molecule has 6 nitrogen and oxygen atoms in total. The van der Waals surface area contributed by atoms with Crippen LogP contribution in [-0.2, 0) is 9.53 Å². The lowest BCUT2D eigenvalue weighted by molar-refractivity contribution is -0.206. The van der Waals surface area contributed by atoms with Crippen LogP contribution in [0.5, 0.6) is 0 Å². The number of cyclic esters (lactones) is 1. The number of ether oxygens (including phenoxy) is 1. The topological polar surface area (TPSA) is 107 Å². The van der Waals surface area contributed by atoms with Crippen LogP contribution in [0.15, 0.2) is 0 Å². The van der Waals surface area contributed by atoms with Gasteiger partial charge in [-0.1, -0.05) is 13.8 Å². The van der Waals surface area contributed by atoms with Crippen molar-refractivity contribution >= 4 is 5.97 Å². The van der Waals surface area contributed by atoms with Crippen molar-refractivity contribution in [2.24, 2.45) is 0 Å². The summed E-state index contributed by atoms with van der Waals surface area (Å²) in [5.74, 6) is -1.04. The number of carbonyl (C=O) groups excluding carboxylic acids is 1. The molecule has 4 atom stereocenters. The molecule has 1 aliphatic heterocycles. The Hall–Kier alpha value is -0.690. The van der Waals surface area contributed by atoms with E-state index in [4.69, 9.17) is 20.4 Å². The zero-order valence-corrected chi connectivity index (χ0v) is 8.12. The maximum absolute atomic E-state index is 10.7. The summed E-state index contributed by atoms with van der Waals surface area (Å²) in [4.78, 5) is 10.7. The van der Waals surface area contributed by atoms with E-state index in [0.717, 1.165) is 0 Å². The zero-order valence-electron chi connectivity index (χ0n) is 8.12. The molecule has 6 heteroatoms. The fourth-order valence-corrected chi connectivity index (χ4v) is 0.980. The normalized spacial score (nSPS) is 36.9. The van der Waals surface area contributed by atoms with E-state index in [-0.39, 0.29) is 0 Å². The van der Waals surface area contributed by atoms with Crippen molar-refractivity contribution in [1.29, 1.82) is 0 Å². The van der Waals surface area contributed by atoms with Crippen LogP contribution in [-0.4, -0.2) is 57.4 Å². The Labute approximate surface area is 81.7 Å². The zero-order chi connectivity index (χ0) is 11.3. The van der Waals surface area contributed by atoms with Crippen molar-refractivity contribution in [3.05, 3.63) is 0 Å². The average molecular weight is 208 g/mol. The van der Waals surface area contributed by atoms with Gasteiger partial charge in [-0.05, 0) is 0 Å². The maximum atomic E-state index is 10.7. The van der Waals surface area contributed by atoms with Gasteiger partial charge in [-0.15, -0.1) is 0 Å². The van der Waals surface area contributed by atoms with Gasteiger partial charge in [0.1, 0.15) is 12.2 Å². The molecule has 0 amide bonds. The summed E-state index contributed by atoms with van der Waals surface area (Å²) < 4.78 is 4.38. The van der Waals surface area contributed by atoms with Crippen molar-refractivity contribution in [2.75, 3.05) is 6.61 Å². The van der Waals surface area contributed by atoms with E-state index >= 15 is 0 Å². The van der Waals surface area contributed by atoms with Crippen LogP contribution in [0.3, 0.4) is 0 Å². The molecule has 4 N–H and O–H groups in total. The summed E-state index contributed by atoms with van der Waals surface area (Å²) in [5, 5.41) is 35.5. The monoisotopic (exact) mass is 208 g/mol. The third kappa shape index (κ3) is 2.65. The molecule has 0 bridgehead atoms. The van der Waals surface area contributed by atoms with Gasteiger partial charge in [-0.25, -0.2) is 4.79 Å². The van der Waals surface area contributed by atoms with Gasteiger partial charge in [0, 0.05) is 0 Å². The van der Waals surface area contributed by atoms with E-state index in [9.17, 15) is 4.79 Å². The third-order valence-corrected chi connectivity index (χ3v) is 1.74. The molecule has 1 fully saturated rings. The van der Waals surface area contributed by atoms with E-state index in [1.807, 2.05) is 13.8 Å². The highest BCUT2D eigenvalue weighted by molar-refractivity contribution is 5.76. The van der Waals surface area contributed by atoms with Gasteiger partial charge in [-0.3, -0.25) is 0 Å². The van der Waals surface area contributed by atoms with Crippen molar-refractivity contribution in [3.63, 3.8) is 0 Å². The molecule has 14 heavy (non-hydrogen) atoms. The predicted molar refractivity (Wildman–Crippen MR) is 46.3 cm³/mol. The summed E-state index contributed by atoms with van der Waals surface area (Å²) in [6, 6.07) is 0. The van der Waals surface area contributed by atoms with Gasteiger partial charge in [0.15, 0.2) is 12.2 Å². The SMILES string of the molecule is CC.O=C1OC(CO)C(O)C(O)C1O. The number of carbonyl (C=O) groups is 1. The van der Waals surface area contributed by atoms with Crippen LogP contribution in [0.1, 0.15) is 13.8 Å². The first kappa shape index (κ1) is 13.3. The number of hydrogen-bond acceptors (Lipinski definition) is 6. The van der Waals surface area contributed by atoms with Crippen LogP contribution in [0.2, 0.25) is 0 Å². The summed E-state index contributed by atoms with van der Waals surface area (Å²) in [6.45, 7) is 3.41. The van der Waals surface area contributed by atoms with E-state index in [2.05, 4.69) is 4.74 Å². The molecule has 0 aromatic heterocycles. The largest absolute Gasteiger partial charge is 0.455 e. The second-order valence-electron chi connectivity index (χ2n) is 2.58. The minimum absolute atomic E-state index is 0.587. The van der Waals surface area contributed by atoms with E-state index in [1.165, 1.54) is 0 Å². The lowest BCUT2D eigenvalue weighted by Crippen LogP contribution is -2.56. The quantitative estimate of drug-likeness (QED) is 0.372. The Morgan fingerprint density at radius 3 is 2.14 bits per heavy atom. The van der Waals surface area contributed by atoms with E-state index < -0.39 is 37.0 Å². The molecule has 1 aliphatic rings. The van der Waals surface area contributed by atoms with E-state index in [0.29, 0.717) is 0 Å². The Balaban J connectivity index is 0.000000791. The molecule has 0 radical (unpaired) electrons. The molecule has 0 spiro atoms. The molecule has 1 rings (SSSR count). The highest BCUT2D eigenvalue weighted by Crippen LogP contribution is 2.15. The van der Waals surface area contributed by atoms with Gasteiger partial charge >= 0.3 is 5.97 Å². The third-order valence-electron chi connectivity index (χ3n) is 1.74. The number of hydrogen-bond donors (Lipinski definition) is 4. The first-order valence-corrected chi connectivity index (χ1v) is 4.43. The first-order valence-electron chi connectivity index (χ1n) is 4.43. The maximum Gasteiger partial charge on any atom is 0.338 e. The lowest BCUT2D eigenvalue weighted by Gasteiger charge is -2.32. The Morgan fingerprint density at radius 1 is 1.21 bits per heavy atom. The average Bonchev–Trinajstić information content (AvgIpc) is 2.23. The minimum Gasteiger partial charge on any atom is -0.455 e. The van der Waals surface area contributed by atoms with Gasteiger partial charge in [0.2, 0.25) is 0 Å². The predicted octanol–water partition coefficient (Wildman–Crippen LogP) is -1.99. The standard InChI is InChI=1S/C6H10O6.C2H6/c7-1-2-3(8)4(9)5(10)6(11)12-2;1-2/h2-5,7-10H,1H2;1-2H3. The fourth-order valence-electron chi connectivity index (χ4n) is 0.980. The van der Waals surface area contributed by atoms with Gasteiger partial charge in [0.05, 0.1) is 6.61 Å². The van der Waals surface area contributed by atoms with Crippen LogP contribution >= 0.6 is 0 Å². The molecule has 1 heterocycles. The summed E-state index contributed by atoms with van der Waals surface area (Å²) >= 11 is 0. The molecule has 0 aliphatic carbocycles. The number of rotatable bonds is 1. The van der Waals surface area contributed by atoms with Crippen molar-refractivity contribution in [3.8, 4) is 0 Å². The number of aliphatic hydroxyl groups excluding tert-OH is 4. The summed E-state index contributed by atoms with van der Waals surface area (Å²) in [6.07, 6.45) is -5.93. The van der Waals surface area contributed by atoms with E-state index in [1.54, 1.807) is 0 Å². The van der Waals surface area contributed by atoms with Crippen LogP contribution in [0.25, 0.3) is 0 Å². The minimum atomic E-state index is -1.73. The van der Waals surface area contributed by atoms with Gasteiger partial charge in [-0.2, -0.15) is 0 Å². The van der Waals surface area contributed by atoms with Crippen molar-refractivity contribution in [2.45, 2.75) is 38.3 Å². The smallest absolute Gasteiger partial charge is 0.338 e. The molecule has 0 saturated carbocycles. The van der Waals surface area contributed by atoms with Crippen LogP contribution in [0, 0.1) is 0 Å². The summed E-state index contributed by atoms with van der Waals surface area (Å²) in [7, 11) is 0. The lowest BCUT2D eigenvalue weighted by atomic mass is 10.0. The second kappa shape index (κ2) is 5.92. The Kier molecular flexibility index (Phi) is 5.63. The Bertz CT molecular complexity index is 181. The summed E-state index contributed by atoms with van der Waals surface area (Å²) in [5.41, 5.74) is 0. The molecular weight excluding hydrogens is 192 g/mol. The van der Waals surface area contributed by atoms with Crippen LogP contribution in [0.4, 0.5) is 0 Å². The number of esters is 1. The van der Waals surface area contributed by atoms with Crippen LogP contribution < -0.4 is 0 Å². The molecular formula is C8H16O6.